The van der Waals surface area contributed by atoms with Gasteiger partial charge in [-0.2, -0.15) is 5.10 Å². The molecule has 0 saturated carbocycles. The molecule has 0 radical (unpaired) electrons. The van der Waals surface area contributed by atoms with Crippen molar-refractivity contribution in [1.29, 1.82) is 0 Å². The number of carbonyl (C=O) groups is 1. The number of ether oxygens (including phenoxy) is 1. The summed E-state index contributed by atoms with van der Waals surface area (Å²) < 4.78 is 7.28. The standard InChI is InChI=1S/C11H12N2O3S/c1-7(2)13-5-9(4-12-13)16-8-3-10(11(14)15)17-6-8/h3-7H,1-2H3,(H,14,15). The van der Waals surface area contributed by atoms with Gasteiger partial charge in [-0.05, 0) is 13.8 Å². The Hall–Kier alpha value is -1.82. The molecule has 2 aromatic heterocycles. The monoisotopic (exact) mass is 252 g/mol. The van der Waals surface area contributed by atoms with Crippen molar-refractivity contribution in [1.82, 2.24) is 9.78 Å². The number of thiophene rings is 1. The summed E-state index contributed by atoms with van der Waals surface area (Å²) in [5.41, 5.74) is 0. The first kappa shape index (κ1) is 11.7. The number of aromatic carboxylic acids is 1. The minimum absolute atomic E-state index is 0.260. The summed E-state index contributed by atoms with van der Waals surface area (Å²) in [6.45, 7) is 4.04. The summed E-state index contributed by atoms with van der Waals surface area (Å²) >= 11 is 1.14. The Bertz CT molecular complexity index is 530. The van der Waals surface area contributed by atoms with E-state index >= 15 is 0 Å². The number of carboxylic acid groups (broad SMARTS) is 1. The Kier molecular flexibility index (Phi) is 3.14. The Morgan fingerprint density at radius 2 is 2.29 bits per heavy atom. The van der Waals surface area contributed by atoms with Crippen LogP contribution in [0.5, 0.6) is 11.5 Å². The molecule has 2 rings (SSSR count). The zero-order valence-corrected chi connectivity index (χ0v) is 10.3. The molecule has 5 nitrogen and oxygen atoms in total. The molecule has 0 spiro atoms. The molecule has 0 fully saturated rings. The van der Waals surface area contributed by atoms with Gasteiger partial charge in [-0.15, -0.1) is 11.3 Å². The van der Waals surface area contributed by atoms with E-state index in [1.54, 1.807) is 22.5 Å². The number of nitrogens with zero attached hydrogens (tertiary/aromatic N) is 2. The van der Waals surface area contributed by atoms with E-state index in [2.05, 4.69) is 5.10 Å². The van der Waals surface area contributed by atoms with Crippen LogP contribution in [0.1, 0.15) is 29.6 Å². The first-order valence-electron chi connectivity index (χ1n) is 5.10. The van der Waals surface area contributed by atoms with Gasteiger partial charge in [0, 0.05) is 17.5 Å². The molecule has 0 bridgehead atoms. The summed E-state index contributed by atoms with van der Waals surface area (Å²) in [5.74, 6) is 0.187. The molecule has 0 aromatic carbocycles. The van der Waals surface area contributed by atoms with Crippen LogP contribution in [0, 0.1) is 0 Å². The molecular formula is C11H12N2O3S. The average Bonchev–Trinajstić information content (AvgIpc) is 2.87. The molecule has 2 heterocycles. The fraction of sp³-hybridized carbons (Fsp3) is 0.273. The van der Waals surface area contributed by atoms with Gasteiger partial charge in [-0.3, -0.25) is 4.68 Å². The third-order valence-electron chi connectivity index (χ3n) is 2.13. The van der Waals surface area contributed by atoms with Crippen LogP contribution in [0.2, 0.25) is 0 Å². The summed E-state index contributed by atoms with van der Waals surface area (Å²) in [7, 11) is 0. The quantitative estimate of drug-likeness (QED) is 0.908. The third kappa shape index (κ3) is 2.65. The predicted octanol–water partition coefficient (Wildman–Crippen LogP) is 3.02. The molecule has 0 aliphatic rings. The molecule has 90 valence electrons. The topological polar surface area (TPSA) is 64.3 Å². The molecular weight excluding hydrogens is 240 g/mol. The van der Waals surface area contributed by atoms with Gasteiger partial charge in [0.15, 0.2) is 5.75 Å². The van der Waals surface area contributed by atoms with E-state index in [0.29, 0.717) is 11.5 Å². The van der Waals surface area contributed by atoms with E-state index < -0.39 is 5.97 Å². The zero-order valence-electron chi connectivity index (χ0n) is 9.45. The lowest BCUT2D eigenvalue weighted by Gasteiger charge is -2.03. The lowest BCUT2D eigenvalue weighted by molar-refractivity contribution is 0.0702. The van der Waals surface area contributed by atoms with Gasteiger partial charge in [-0.1, -0.05) is 0 Å². The molecule has 0 aliphatic carbocycles. The Labute approximate surface area is 102 Å². The molecule has 2 aromatic rings. The second-order valence-electron chi connectivity index (χ2n) is 3.80. The van der Waals surface area contributed by atoms with Gasteiger partial charge >= 0.3 is 5.97 Å². The molecule has 0 aliphatic heterocycles. The lowest BCUT2D eigenvalue weighted by Crippen LogP contribution is -1.99. The van der Waals surface area contributed by atoms with Gasteiger partial charge in [0.05, 0.1) is 12.4 Å². The van der Waals surface area contributed by atoms with Crippen molar-refractivity contribution in [3.63, 3.8) is 0 Å². The number of hydrogen-bond acceptors (Lipinski definition) is 4. The Morgan fingerprint density at radius 1 is 1.53 bits per heavy atom. The van der Waals surface area contributed by atoms with Crippen molar-refractivity contribution in [2.45, 2.75) is 19.9 Å². The smallest absolute Gasteiger partial charge is 0.346 e. The number of carboxylic acids is 1. The Balaban J connectivity index is 2.11. The van der Waals surface area contributed by atoms with Crippen LogP contribution in [0.15, 0.2) is 23.8 Å². The van der Waals surface area contributed by atoms with Gasteiger partial charge in [0.25, 0.3) is 0 Å². The van der Waals surface area contributed by atoms with Crippen molar-refractivity contribution in [2.24, 2.45) is 0 Å². The normalized spacial score (nSPS) is 10.8. The highest BCUT2D eigenvalue weighted by Gasteiger charge is 2.09. The van der Waals surface area contributed by atoms with E-state index in [1.807, 2.05) is 13.8 Å². The van der Waals surface area contributed by atoms with Crippen LogP contribution in [0.3, 0.4) is 0 Å². The third-order valence-corrected chi connectivity index (χ3v) is 3.03. The van der Waals surface area contributed by atoms with Crippen molar-refractivity contribution in [2.75, 3.05) is 0 Å². The van der Waals surface area contributed by atoms with Crippen LogP contribution in [-0.4, -0.2) is 20.9 Å². The van der Waals surface area contributed by atoms with Gasteiger partial charge in [0.1, 0.15) is 10.6 Å². The van der Waals surface area contributed by atoms with E-state index in [-0.39, 0.29) is 10.9 Å². The highest BCUT2D eigenvalue weighted by atomic mass is 32.1. The summed E-state index contributed by atoms with van der Waals surface area (Å²) in [6.07, 6.45) is 3.39. The molecule has 0 unspecified atom stereocenters. The largest absolute Gasteiger partial charge is 0.477 e. The summed E-state index contributed by atoms with van der Waals surface area (Å²) in [5, 5.41) is 14.6. The fourth-order valence-corrected chi connectivity index (χ4v) is 1.92. The van der Waals surface area contributed by atoms with E-state index in [9.17, 15) is 4.79 Å². The molecule has 1 N–H and O–H groups in total. The maximum absolute atomic E-state index is 10.7. The van der Waals surface area contributed by atoms with Crippen LogP contribution in [-0.2, 0) is 0 Å². The van der Waals surface area contributed by atoms with Crippen LogP contribution >= 0.6 is 11.3 Å². The predicted molar refractivity (Wildman–Crippen MR) is 64.0 cm³/mol. The van der Waals surface area contributed by atoms with Gasteiger partial charge in [-0.25, -0.2) is 4.79 Å². The van der Waals surface area contributed by atoms with Crippen molar-refractivity contribution < 1.29 is 14.6 Å². The Morgan fingerprint density at radius 3 is 2.82 bits per heavy atom. The van der Waals surface area contributed by atoms with Crippen molar-refractivity contribution in [3.05, 3.63) is 28.7 Å². The highest BCUT2D eigenvalue weighted by molar-refractivity contribution is 7.12. The fourth-order valence-electron chi connectivity index (χ4n) is 1.28. The SMILES string of the molecule is CC(C)n1cc(Oc2csc(C(=O)O)c2)cn1. The summed E-state index contributed by atoms with van der Waals surface area (Å²) in [4.78, 5) is 11.0. The first-order chi connectivity index (χ1) is 8.06. The minimum atomic E-state index is -0.942. The summed E-state index contributed by atoms with van der Waals surface area (Å²) in [6, 6.07) is 1.77. The van der Waals surface area contributed by atoms with E-state index in [0.717, 1.165) is 11.3 Å². The number of aromatic nitrogens is 2. The van der Waals surface area contributed by atoms with Crippen LogP contribution < -0.4 is 4.74 Å². The van der Waals surface area contributed by atoms with E-state index in [4.69, 9.17) is 9.84 Å². The maximum atomic E-state index is 10.7. The number of rotatable bonds is 4. The second kappa shape index (κ2) is 4.58. The molecule has 17 heavy (non-hydrogen) atoms. The van der Waals surface area contributed by atoms with Crippen molar-refractivity contribution in [3.8, 4) is 11.5 Å². The number of hydrogen-bond donors (Lipinski definition) is 1. The van der Waals surface area contributed by atoms with Crippen LogP contribution in [0.4, 0.5) is 0 Å². The molecule has 0 saturated heterocycles. The molecule has 0 atom stereocenters. The molecule has 0 amide bonds. The van der Waals surface area contributed by atoms with Crippen molar-refractivity contribution >= 4 is 17.3 Å². The average molecular weight is 252 g/mol. The van der Waals surface area contributed by atoms with Crippen LogP contribution in [0.25, 0.3) is 0 Å². The van der Waals surface area contributed by atoms with Gasteiger partial charge in [0.2, 0.25) is 0 Å². The minimum Gasteiger partial charge on any atom is -0.477 e. The lowest BCUT2D eigenvalue weighted by atomic mass is 10.4. The van der Waals surface area contributed by atoms with E-state index in [1.165, 1.54) is 6.07 Å². The highest BCUT2D eigenvalue weighted by Crippen LogP contribution is 2.27. The van der Waals surface area contributed by atoms with Gasteiger partial charge < -0.3 is 9.84 Å². The maximum Gasteiger partial charge on any atom is 0.346 e. The first-order valence-corrected chi connectivity index (χ1v) is 5.98. The second-order valence-corrected chi connectivity index (χ2v) is 4.71. The zero-order chi connectivity index (χ0) is 12.4. The molecule has 6 heteroatoms.